The van der Waals surface area contributed by atoms with Gasteiger partial charge >= 0.3 is 0 Å². The number of ketones is 2. The van der Waals surface area contributed by atoms with Crippen molar-refractivity contribution in [1.29, 1.82) is 0 Å². The molecule has 3 heteroatoms. The van der Waals surface area contributed by atoms with Crippen LogP contribution >= 0.6 is 0 Å². The van der Waals surface area contributed by atoms with Crippen molar-refractivity contribution in [3.63, 3.8) is 0 Å². The fourth-order valence-corrected chi connectivity index (χ4v) is 2.69. The summed E-state index contributed by atoms with van der Waals surface area (Å²) < 4.78 is 0. The normalized spacial score (nSPS) is 13.9. The minimum Gasteiger partial charge on any atom is -0.355 e. The Balaban J connectivity index is 2.05. The summed E-state index contributed by atoms with van der Waals surface area (Å²) in [5.41, 5.74) is 4.03. The molecule has 0 heterocycles. The van der Waals surface area contributed by atoms with Crippen LogP contribution < -0.4 is 5.32 Å². The van der Waals surface area contributed by atoms with Crippen LogP contribution in [0.5, 0.6) is 0 Å². The van der Waals surface area contributed by atoms with Crippen molar-refractivity contribution in [2.24, 2.45) is 0 Å². The predicted octanol–water partition coefficient (Wildman–Crippen LogP) is 4.03. The third-order valence-electron chi connectivity index (χ3n) is 3.81. The summed E-state index contributed by atoms with van der Waals surface area (Å²) >= 11 is 0. The van der Waals surface area contributed by atoms with Crippen molar-refractivity contribution < 1.29 is 9.59 Å². The first-order valence-electron chi connectivity index (χ1n) is 7.33. The lowest BCUT2D eigenvalue weighted by Gasteiger charge is -2.20. The maximum atomic E-state index is 12.0. The van der Waals surface area contributed by atoms with E-state index >= 15 is 0 Å². The zero-order chi connectivity index (χ0) is 15.7. The van der Waals surface area contributed by atoms with Crippen LogP contribution in [0.3, 0.4) is 0 Å². The highest BCUT2D eigenvalue weighted by Gasteiger charge is 2.25. The Labute approximate surface area is 129 Å². The molecule has 110 valence electrons. The van der Waals surface area contributed by atoms with Gasteiger partial charge in [-0.05, 0) is 17.5 Å². The smallest absolute Gasteiger partial charge is 0.233 e. The lowest BCUT2D eigenvalue weighted by atomic mass is 9.92. The summed E-state index contributed by atoms with van der Waals surface area (Å²) in [7, 11) is 0. The molecule has 0 aliphatic heterocycles. The van der Waals surface area contributed by atoms with E-state index in [1.54, 1.807) is 12.1 Å². The SMILES string of the molecule is CC(C)c1ccccc1NC1=CC(=O)C(=O)c2ccccc21. The molecule has 0 aromatic heterocycles. The van der Waals surface area contributed by atoms with Crippen LogP contribution in [-0.2, 0) is 4.79 Å². The number of anilines is 1. The lowest BCUT2D eigenvalue weighted by molar-refractivity contribution is -0.111. The number of para-hydroxylation sites is 1. The van der Waals surface area contributed by atoms with Crippen LogP contribution in [0.2, 0.25) is 0 Å². The zero-order valence-electron chi connectivity index (χ0n) is 12.6. The molecule has 1 N–H and O–H groups in total. The number of nitrogens with one attached hydrogen (secondary N) is 1. The highest BCUT2D eigenvalue weighted by atomic mass is 16.2. The molecule has 0 unspecified atom stereocenters. The Bertz CT molecular complexity index is 788. The third-order valence-corrected chi connectivity index (χ3v) is 3.81. The molecular formula is C19H17NO2. The van der Waals surface area contributed by atoms with Crippen LogP contribution in [0.15, 0.2) is 54.6 Å². The van der Waals surface area contributed by atoms with E-state index in [1.807, 2.05) is 30.3 Å². The molecular weight excluding hydrogens is 274 g/mol. The number of rotatable bonds is 3. The minimum atomic E-state index is -0.483. The molecule has 2 aromatic rings. The van der Waals surface area contributed by atoms with E-state index in [0.29, 0.717) is 17.2 Å². The lowest BCUT2D eigenvalue weighted by Crippen LogP contribution is -2.21. The van der Waals surface area contributed by atoms with Gasteiger partial charge in [-0.15, -0.1) is 0 Å². The van der Waals surface area contributed by atoms with Gasteiger partial charge in [0.05, 0.1) is 5.70 Å². The van der Waals surface area contributed by atoms with Crippen molar-refractivity contribution in [1.82, 2.24) is 0 Å². The molecule has 0 amide bonds. The number of Topliss-reactive ketones (excluding diaryl/α,β-unsaturated/α-hetero) is 1. The molecule has 0 fully saturated rings. The number of hydrogen-bond donors (Lipinski definition) is 1. The first kappa shape index (κ1) is 14.3. The Morgan fingerprint density at radius 2 is 1.50 bits per heavy atom. The van der Waals surface area contributed by atoms with Crippen molar-refractivity contribution in [2.75, 3.05) is 5.32 Å². The van der Waals surface area contributed by atoms with E-state index in [2.05, 4.69) is 25.2 Å². The number of allylic oxidation sites excluding steroid dienone is 1. The summed E-state index contributed by atoms with van der Waals surface area (Å²) in [5, 5.41) is 3.33. The van der Waals surface area contributed by atoms with Gasteiger partial charge in [0.1, 0.15) is 0 Å². The number of fused-ring (bicyclic) bond motifs is 1. The number of carbonyl (C=O) groups is 2. The molecule has 0 bridgehead atoms. The number of benzene rings is 2. The van der Waals surface area contributed by atoms with Gasteiger partial charge in [0.2, 0.25) is 11.6 Å². The van der Waals surface area contributed by atoms with Gasteiger partial charge in [-0.25, -0.2) is 0 Å². The Hall–Kier alpha value is -2.68. The summed E-state index contributed by atoms with van der Waals surface area (Å²) in [5.74, 6) is -0.568. The van der Waals surface area contributed by atoms with Gasteiger partial charge in [-0.3, -0.25) is 9.59 Å². The van der Waals surface area contributed by atoms with E-state index in [-0.39, 0.29) is 0 Å². The van der Waals surface area contributed by atoms with Gasteiger partial charge < -0.3 is 5.32 Å². The van der Waals surface area contributed by atoms with Gasteiger partial charge in [-0.2, -0.15) is 0 Å². The standard InChI is InChI=1S/C19H17NO2/c1-12(2)13-7-5-6-10-16(13)20-17-11-18(21)19(22)15-9-4-3-8-14(15)17/h3-12,20H,1-2H3. The summed E-state index contributed by atoms with van der Waals surface area (Å²) in [6, 6.07) is 15.2. The maximum absolute atomic E-state index is 12.0. The molecule has 22 heavy (non-hydrogen) atoms. The minimum absolute atomic E-state index is 0.362. The largest absolute Gasteiger partial charge is 0.355 e. The molecule has 3 nitrogen and oxygen atoms in total. The predicted molar refractivity (Wildman–Crippen MR) is 87.9 cm³/mol. The van der Waals surface area contributed by atoms with E-state index < -0.39 is 11.6 Å². The van der Waals surface area contributed by atoms with Crippen molar-refractivity contribution in [3.05, 3.63) is 71.3 Å². The van der Waals surface area contributed by atoms with E-state index in [1.165, 1.54) is 11.6 Å². The number of hydrogen-bond acceptors (Lipinski definition) is 3. The molecule has 2 aromatic carbocycles. The van der Waals surface area contributed by atoms with E-state index in [0.717, 1.165) is 11.3 Å². The Morgan fingerprint density at radius 1 is 0.864 bits per heavy atom. The second kappa shape index (κ2) is 5.60. The van der Waals surface area contributed by atoms with Gasteiger partial charge in [0.25, 0.3) is 0 Å². The molecule has 0 saturated heterocycles. The summed E-state index contributed by atoms with van der Waals surface area (Å²) in [6.07, 6.45) is 1.39. The molecule has 1 aliphatic carbocycles. The fraction of sp³-hybridized carbons (Fsp3) is 0.158. The second-order valence-corrected chi connectivity index (χ2v) is 5.66. The van der Waals surface area contributed by atoms with E-state index in [4.69, 9.17) is 0 Å². The highest BCUT2D eigenvalue weighted by Crippen LogP contribution is 2.30. The topological polar surface area (TPSA) is 46.2 Å². The summed E-state index contributed by atoms with van der Waals surface area (Å²) in [4.78, 5) is 23.9. The number of carbonyl (C=O) groups excluding carboxylic acids is 2. The van der Waals surface area contributed by atoms with Crippen molar-refractivity contribution in [3.8, 4) is 0 Å². The molecule has 0 spiro atoms. The van der Waals surface area contributed by atoms with Gasteiger partial charge in [-0.1, -0.05) is 56.3 Å². The molecule has 0 radical (unpaired) electrons. The van der Waals surface area contributed by atoms with Crippen molar-refractivity contribution >= 4 is 23.0 Å². The van der Waals surface area contributed by atoms with Crippen LogP contribution in [0.1, 0.15) is 41.3 Å². The van der Waals surface area contributed by atoms with Crippen LogP contribution in [0.4, 0.5) is 5.69 Å². The summed E-state index contributed by atoms with van der Waals surface area (Å²) in [6.45, 7) is 4.25. The van der Waals surface area contributed by atoms with Crippen molar-refractivity contribution in [2.45, 2.75) is 19.8 Å². The Kier molecular flexibility index (Phi) is 3.63. The van der Waals surface area contributed by atoms with E-state index in [9.17, 15) is 9.59 Å². The first-order valence-corrected chi connectivity index (χ1v) is 7.33. The molecule has 0 atom stereocenters. The molecule has 3 rings (SSSR count). The van der Waals surface area contributed by atoms with Crippen LogP contribution in [0, 0.1) is 0 Å². The van der Waals surface area contributed by atoms with Gasteiger partial charge in [0, 0.05) is 22.9 Å². The highest BCUT2D eigenvalue weighted by molar-refractivity contribution is 6.50. The maximum Gasteiger partial charge on any atom is 0.233 e. The average Bonchev–Trinajstić information content (AvgIpc) is 2.53. The first-order chi connectivity index (χ1) is 10.6. The molecule has 1 aliphatic rings. The van der Waals surface area contributed by atoms with Crippen LogP contribution in [-0.4, -0.2) is 11.6 Å². The quantitative estimate of drug-likeness (QED) is 0.868. The monoisotopic (exact) mass is 291 g/mol. The Morgan fingerprint density at radius 3 is 2.23 bits per heavy atom. The fourth-order valence-electron chi connectivity index (χ4n) is 2.69. The third kappa shape index (κ3) is 2.46. The molecule has 0 saturated carbocycles. The average molecular weight is 291 g/mol. The second-order valence-electron chi connectivity index (χ2n) is 5.66. The van der Waals surface area contributed by atoms with Crippen LogP contribution in [0.25, 0.3) is 5.70 Å². The zero-order valence-corrected chi connectivity index (χ0v) is 12.6. The van der Waals surface area contributed by atoms with Gasteiger partial charge in [0.15, 0.2) is 0 Å².